The summed E-state index contributed by atoms with van der Waals surface area (Å²) >= 11 is 1.46. The molecule has 1 atom stereocenters. The number of thiazole rings is 1. The molecule has 0 aliphatic heterocycles. The molecule has 2 rings (SSSR count). The number of halogens is 2. The molecule has 2 amide bonds. The predicted molar refractivity (Wildman–Crippen MR) is 86.5 cm³/mol. The zero-order chi connectivity index (χ0) is 17.7. The molecular weight excluding hydrogens is 336 g/mol. The summed E-state index contributed by atoms with van der Waals surface area (Å²) in [5, 5.41) is 7.63. The molecule has 1 aromatic heterocycles. The van der Waals surface area contributed by atoms with E-state index in [0.717, 1.165) is 23.6 Å². The molecule has 1 unspecified atom stereocenters. The minimum absolute atomic E-state index is 0.00761. The summed E-state index contributed by atoms with van der Waals surface area (Å²) < 4.78 is 26.5. The van der Waals surface area contributed by atoms with Crippen molar-refractivity contribution >= 4 is 23.2 Å². The molecule has 0 spiro atoms. The molecule has 0 saturated heterocycles. The Balaban J connectivity index is 2.14. The molecule has 24 heavy (non-hydrogen) atoms. The standard InChI is InChI=1S/C16H17F2N3O2S/c1-3-14-20-10(8-24-14)7-13(22)21-15(16(23)19-2)9-4-5-11(17)12(18)6-9/h4-6,8,15H,3,7H2,1-2H3,(H,19,23)(H,21,22). The van der Waals surface area contributed by atoms with Crippen molar-refractivity contribution in [3.63, 3.8) is 0 Å². The molecule has 5 nitrogen and oxygen atoms in total. The number of rotatable bonds is 6. The van der Waals surface area contributed by atoms with Gasteiger partial charge in [-0.15, -0.1) is 11.3 Å². The topological polar surface area (TPSA) is 71.1 Å². The van der Waals surface area contributed by atoms with E-state index >= 15 is 0 Å². The number of carbonyl (C=O) groups is 2. The lowest BCUT2D eigenvalue weighted by Gasteiger charge is -2.17. The zero-order valence-electron chi connectivity index (χ0n) is 13.2. The Morgan fingerprint density at radius 2 is 2.04 bits per heavy atom. The Bertz CT molecular complexity index is 749. The average molecular weight is 353 g/mol. The molecule has 1 heterocycles. The number of nitrogens with zero attached hydrogens (tertiary/aromatic N) is 1. The number of nitrogens with one attached hydrogen (secondary N) is 2. The van der Waals surface area contributed by atoms with Gasteiger partial charge in [-0.25, -0.2) is 13.8 Å². The van der Waals surface area contributed by atoms with Crippen molar-refractivity contribution in [3.05, 3.63) is 51.5 Å². The van der Waals surface area contributed by atoms with Gasteiger partial charge in [0.15, 0.2) is 11.6 Å². The maximum absolute atomic E-state index is 13.4. The van der Waals surface area contributed by atoms with Gasteiger partial charge in [0.05, 0.1) is 17.1 Å². The van der Waals surface area contributed by atoms with Gasteiger partial charge >= 0.3 is 0 Å². The summed E-state index contributed by atoms with van der Waals surface area (Å²) in [6.45, 7) is 1.97. The normalized spacial score (nSPS) is 11.8. The quantitative estimate of drug-likeness (QED) is 0.836. The van der Waals surface area contributed by atoms with Gasteiger partial charge in [-0.3, -0.25) is 9.59 Å². The lowest BCUT2D eigenvalue weighted by Crippen LogP contribution is -2.39. The maximum Gasteiger partial charge on any atom is 0.246 e. The van der Waals surface area contributed by atoms with E-state index in [2.05, 4.69) is 15.6 Å². The van der Waals surface area contributed by atoms with Crippen molar-refractivity contribution in [2.24, 2.45) is 0 Å². The molecule has 0 radical (unpaired) electrons. The van der Waals surface area contributed by atoms with Crippen LogP contribution >= 0.6 is 11.3 Å². The average Bonchev–Trinajstić information content (AvgIpc) is 3.02. The fraction of sp³-hybridized carbons (Fsp3) is 0.312. The van der Waals surface area contributed by atoms with Crippen LogP contribution in [-0.4, -0.2) is 23.8 Å². The van der Waals surface area contributed by atoms with Gasteiger partial charge in [0.2, 0.25) is 11.8 Å². The second kappa shape index (κ2) is 7.96. The van der Waals surface area contributed by atoms with Crippen LogP contribution in [0.15, 0.2) is 23.6 Å². The van der Waals surface area contributed by atoms with Crippen LogP contribution in [0.3, 0.4) is 0 Å². The number of hydrogen-bond donors (Lipinski definition) is 2. The summed E-state index contributed by atoms with van der Waals surface area (Å²) in [6.07, 6.45) is 0.787. The molecule has 0 aliphatic rings. The number of carbonyl (C=O) groups excluding carboxylic acids is 2. The molecule has 128 valence electrons. The van der Waals surface area contributed by atoms with E-state index in [1.807, 2.05) is 6.92 Å². The van der Waals surface area contributed by atoms with Crippen molar-refractivity contribution in [2.45, 2.75) is 25.8 Å². The molecule has 2 aromatic rings. The lowest BCUT2D eigenvalue weighted by molar-refractivity contribution is -0.128. The highest BCUT2D eigenvalue weighted by molar-refractivity contribution is 7.09. The Morgan fingerprint density at radius 3 is 2.62 bits per heavy atom. The van der Waals surface area contributed by atoms with E-state index in [-0.39, 0.29) is 12.0 Å². The van der Waals surface area contributed by atoms with E-state index in [9.17, 15) is 18.4 Å². The zero-order valence-corrected chi connectivity index (χ0v) is 14.0. The van der Waals surface area contributed by atoms with Crippen LogP contribution in [-0.2, 0) is 22.4 Å². The van der Waals surface area contributed by atoms with Crippen LogP contribution in [0.2, 0.25) is 0 Å². The molecule has 0 bridgehead atoms. The van der Waals surface area contributed by atoms with E-state index in [1.165, 1.54) is 24.5 Å². The van der Waals surface area contributed by atoms with Gasteiger partial charge < -0.3 is 10.6 Å². The minimum Gasteiger partial charge on any atom is -0.357 e. The van der Waals surface area contributed by atoms with Crippen LogP contribution in [0.5, 0.6) is 0 Å². The number of hydrogen-bond acceptors (Lipinski definition) is 4. The number of likely N-dealkylation sites (N-methyl/N-ethyl adjacent to an activating group) is 1. The van der Waals surface area contributed by atoms with Gasteiger partial charge in [0.1, 0.15) is 6.04 Å². The summed E-state index contributed by atoms with van der Waals surface area (Å²) in [7, 11) is 1.40. The Kier molecular flexibility index (Phi) is 5.97. The van der Waals surface area contributed by atoms with Crippen LogP contribution < -0.4 is 10.6 Å². The third-order valence-electron chi connectivity index (χ3n) is 3.33. The highest BCUT2D eigenvalue weighted by atomic mass is 32.1. The highest BCUT2D eigenvalue weighted by Crippen LogP contribution is 2.17. The van der Waals surface area contributed by atoms with Gasteiger partial charge in [-0.05, 0) is 24.1 Å². The summed E-state index contributed by atoms with van der Waals surface area (Å²) in [4.78, 5) is 28.5. The van der Waals surface area contributed by atoms with Gasteiger partial charge in [-0.1, -0.05) is 13.0 Å². The second-order valence-electron chi connectivity index (χ2n) is 5.05. The van der Waals surface area contributed by atoms with E-state index in [1.54, 1.807) is 5.38 Å². The first kappa shape index (κ1) is 18.0. The van der Waals surface area contributed by atoms with Crippen molar-refractivity contribution in [2.75, 3.05) is 7.05 Å². The van der Waals surface area contributed by atoms with Crippen molar-refractivity contribution in [3.8, 4) is 0 Å². The maximum atomic E-state index is 13.4. The minimum atomic E-state index is -1.11. The van der Waals surface area contributed by atoms with Crippen LogP contribution in [0.4, 0.5) is 8.78 Å². The SMILES string of the molecule is CCc1nc(CC(=O)NC(C(=O)NC)c2ccc(F)c(F)c2)cs1. The Labute approximate surface area is 142 Å². The Hall–Kier alpha value is -2.35. The van der Waals surface area contributed by atoms with Gasteiger partial charge in [-0.2, -0.15) is 0 Å². The van der Waals surface area contributed by atoms with Gasteiger partial charge in [0.25, 0.3) is 0 Å². The number of aromatic nitrogens is 1. The predicted octanol–water partition coefficient (Wildman–Crippen LogP) is 2.13. The first-order chi connectivity index (χ1) is 11.4. The van der Waals surface area contributed by atoms with Crippen LogP contribution in [0.25, 0.3) is 0 Å². The fourth-order valence-corrected chi connectivity index (χ4v) is 2.85. The molecule has 1 aromatic carbocycles. The van der Waals surface area contributed by atoms with E-state index in [4.69, 9.17) is 0 Å². The highest BCUT2D eigenvalue weighted by Gasteiger charge is 2.23. The van der Waals surface area contributed by atoms with E-state index in [0.29, 0.717) is 5.69 Å². The molecule has 2 N–H and O–H groups in total. The molecule has 0 saturated carbocycles. The van der Waals surface area contributed by atoms with Gasteiger partial charge in [0, 0.05) is 12.4 Å². The third-order valence-corrected chi connectivity index (χ3v) is 4.38. The summed E-state index contributed by atoms with van der Waals surface area (Å²) in [6, 6.07) is 1.96. The van der Waals surface area contributed by atoms with Crippen molar-refractivity contribution in [1.82, 2.24) is 15.6 Å². The third kappa shape index (κ3) is 4.35. The lowest BCUT2D eigenvalue weighted by atomic mass is 10.1. The van der Waals surface area contributed by atoms with Crippen molar-refractivity contribution in [1.29, 1.82) is 0 Å². The first-order valence-corrected chi connectivity index (χ1v) is 8.21. The smallest absolute Gasteiger partial charge is 0.246 e. The van der Waals surface area contributed by atoms with Crippen molar-refractivity contribution < 1.29 is 18.4 Å². The summed E-state index contributed by atoms with van der Waals surface area (Å²) in [5.41, 5.74) is 0.768. The molecular formula is C16H17F2N3O2S. The molecule has 0 aliphatic carbocycles. The summed E-state index contributed by atoms with van der Waals surface area (Å²) in [5.74, 6) is -3.05. The monoisotopic (exact) mass is 353 g/mol. The fourth-order valence-electron chi connectivity index (χ4n) is 2.11. The Morgan fingerprint density at radius 1 is 1.29 bits per heavy atom. The number of amides is 2. The molecule has 0 fully saturated rings. The van der Waals surface area contributed by atoms with Crippen LogP contribution in [0, 0.1) is 11.6 Å². The molecule has 8 heteroatoms. The second-order valence-corrected chi connectivity index (χ2v) is 5.99. The number of aryl methyl sites for hydroxylation is 1. The largest absolute Gasteiger partial charge is 0.357 e. The first-order valence-electron chi connectivity index (χ1n) is 7.33. The number of benzene rings is 1. The van der Waals surface area contributed by atoms with Crippen LogP contribution in [0.1, 0.15) is 29.2 Å². The van der Waals surface area contributed by atoms with E-state index < -0.39 is 29.5 Å².